The largest absolute Gasteiger partial charge is 0.694 e. The lowest BCUT2D eigenvalue weighted by atomic mass is 9.87. The van der Waals surface area contributed by atoms with Crippen LogP contribution in [0.5, 0.6) is 0 Å². The van der Waals surface area contributed by atoms with E-state index in [-0.39, 0.29) is 26.0 Å². The minimum atomic E-state index is -2.62. The van der Waals surface area contributed by atoms with E-state index in [0.29, 0.717) is 25.7 Å². The first kappa shape index (κ1) is 81.2. The number of unbranched alkanes of at least 4 members (excludes halogenated alkanes) is 24. The van der Waals surface area contributed by atoms with E-state index in [1.54, 1.807) is 0 Å². The Balaban J connectivity index is 0.00000942. The smallest absolute Gasteiger partial charge is 0.456 e. The second-order valence-electron chi connectivity index (χ2n) is 22.5. The van der Waals surface area contributed by atoms with Crippen molar-refractivity contribution in [3.05, 3.63) is 0 Å². The Hall–Kier alpha value is -3.85. The van der Waals surface area contributed by atoms with Crippen molar-refractivity contribution in [3.63, 3.8) is 0 Å². The Kier molecular flexibility index (Phi) is 46.9. The van der Waals surface area contributed by atoms with Crippen molar-refractivity contribution in [1.29, 1.82) is 0 Å². The third kappa shape index (κ3) is 35.7. The highest BCUT2D eigenvalue weighted by Crippen LogP contribution is 2.32. The lowest BCUT2D eigenvalue weighted by Crippen LogP contribution is -2.68. The number of amides is 3. The van der Waals surface area contributed by atoms with Crippen LogP contribution < -0.4 is 28.3 Å². The van der Waals surface area contributed by atoms with Gasteiger partial charge in [0.15, 0.2) is 24.0 Å². The van der Waals surface area contributed by atoms with Crippen molar-refractivity contribution in [2.75, 3.05) is 32.9 Å². The molecular weight excluding hydrogens is 1130 g/mol. The van der Waals surface area contributed by atoms with E-state index in [1.165, 1.54) is 104 Å². The van der Waals surface area contributed by atoms with Gasteiger partial charge >= 0.3 is 32.1 Å². The van der Waals surface area contributed by atoms with Crippen LogP contribution in [0.25, 0.3) is 0 Å². The Bertz CT molecular complexity index is 1880. The summed E-state index contributed by atoms with van der Waals surface area (Å²) in [7, 11) is -2.44. The monoisotopic (exact) mass is 1240 g/mol. The summed E-state index contributed by atoms with van der Waals surface area (Å²) in [5.74, 6) is -7.09. The van der Waals surface area contributed by atoms with Crippen molar-refractivity contribution < 1.29 is 91.7 Å². The summed E-state index contributed by atoms with van der Waals surface area (Å²) in [6.45, 7) is 7.44. The molecule has 1 aliphatic heterocycles. The molecule has 0 spiro atoms. The Labute approximate surface area is 506 Å². The van der Waals surface area contributed by atoms with Gasteiger partial charge in [0, 0.05) is 43.8 Å². The molecule has 0 aromatic heterocycles. The molecule has 26 heteroatoms. The Morgan fingerprint density at radius 1 is 0.706 bits per heavy atom. The normalized spacial score (nSPS) is 19.4. The number of aliphatic hydroxyl groups excluding tert-OH is 4. The fraction of sp³-hybridized carbons (Fsp3) is 0.881. The first-order valence-corrected chi connectivity index (χ1v) is 32.5. The average Bonchev–Trinajstić information content (AvgIpc) is 2.22. The van der Waals surface area contributed by atoms with Gasteiger partial charge in [0.1, 0.15) is 31.0 Å². The summed E-state index contributed by atoms with van der Waals surface area (Å²) >= 11 is 0. The van der Waals surface area contributed by atoms with E-state index in [4.69, 9.17) is 51.5 Å². The van der Waals surface area contributed by atoms with Crippen LogP contribution in [0.4, 0.5) is 0 Å². The molecule has 14 N–H and O–H groups in total. The van der Waals surface area contributed by atoms with Gasteiger partial charge in [-0.25, -0.2) is 4.79 Å². The Morgan fingerprint density at radius 2 is 1.15 bits per heavy atom. The van der Waals surface area contributed by atoms with Crippen LogP contribution in [0.2, 0.25) is 0 Å². The lowest BCUT2D eigenvalue weighted by molar-refractivity contribution is -0.264. The van der Waals surface area contributed by atoms with Crippen molar-refractivity contribution in [2.45, 2.75) is 301 Å². The number of carbonyl (C=O) groups is 7. The fourth-order valence-electron chi connectivity index (χ4n) is 9.86. The molecule has 1 saturated heterocycles. The van der Waals surface area contributed by atoms with Crippen molar-refractivity contribution in [1.82, 2.24) is 10.2 Å². The predicted molar refractivity (Wildman–Crippen MR) is 319 cm³/mol. The summed E-state index contributed by atoms with van der Waals surface area (Å²) in [5.41, 5.74) is 19.6. The number of aliphatic hydroxyl groups is 4. The molecular formula is C59H112N6O19P+. The highest BCUT2D eigenvalue weighted by atomic mass is 31.1. The maximum atomic E-state index is 14.9. The summed E-state index contributed by atoms with van der Waals surface area (Å²) in [6, 6.07) is -3.81. The van der Waals surface area contributed by atoms with Gasteiger partial charge in [-0.15, -0.1) is 9.42 Å². The van der Waals surface area contributed by atoms with Crippen molar-refractivity contribution >= 4 is 49.9 Å². The molecule has 0 saturated carbocycles. The van der Waals surface area contributed by atoms with Crippen LogP contribution >= 0.6 is 8.25 Å². The molecule has 496 valence electrons. The topological polar surface area (TPSA) is 412 Å². The number of nitrogens with two attached hydrogens (primary N) is 4. The van der Waals surface area contributed by atoms with Gasteiger partial charge in [0.25, 0.3) is 0 Å². The van der Waals surface area contributed by atoms with Crippen LogP contribution in [-0.4, -0.2) is 171 Å². The van der Waals surface area contributed by atoms with Crippen molar-refractivity contribution in [3.8, 4) is 0 Å². The SMILES string of the molecule is CCCCCCCCCCCCCCCC(=O)OC([C@H](CO)OC(=O)CCCCCCCCCCCCCCC)[C@](C)(C(=O)OC(=O)CC[C@H](NC(=O)[C@H](C)N)C(N)=O)N(CC(C)O[C@@H]1[C@@H](N)[C@@H](O)O[C@H](CO)[C@H]1O)C(C)=O.NCCO[P+](=O)O. The molecule has 1 rings (SSSR count). The molecule has 12 atom stereocenters. The number of hydrogen-bond acceptors (Lipinski definition) is 21. The van der Waals surface area contributed by atoms with E-state index in [1.807, 2.05) is 0 Å². The molecule has 25 nitrogen and oxygen atoms in total. The summed E-state index contributed by atoms with van der Waals surface area (Å²) in [5, 5.41) is 44.7. The molecule has 1 aliphatic rings. The van der Waals surface area contributed by atoms with Crippen LogP contribution in [0.1, 0.15) is 234 Å². The third-order valence-electron chi connectivity index (χ3n) is 14.9. The van der Waals surface area contributed by atoms with Gasteiger partial charge in [-0.05, 0) is 40.0 Å². The number of nitrogens with zero attached hydrogens (tertiary/aromatic N) is 1. The zero-order valence-corrected chi connectivity index (χ0v) is 53.1. The van der Waals surface area contributed by atoms with Crippen LogP contribution in [0.15, 0.2) is 0 Å². The summed E-state index contributed by atoms with van der Waals surface area (Å²) in [4.78, 5) is 104. The molecule has 1 fully saturated rings. The second kappa shape index (κ2) is 49.1. The summed E-state index contributed by atoms with van der Waals surface area (Å²) in [6.07, 6.45) is 15.2. The summed E-state index contributed by atoms with van der Waals surface area (Å²) < 4.78 is 42.3. The van der Waals surface area contributed by atoms with Crippen LogP contribution in [-0.2, 0) is 66.3 Å². The van der Waals surface area contributed by atoms with E-state index in [0.717, 1.165) is 70.1 Å². The highest BCUT2D eigenvalue weighted by molar-refractivity contribution is 7.32. The van der Waals surface area contributed by atoms with Gasteiger partial charge in [0.05, 0.1) is 31.4 Å². The molecule has 0 aromatic carbocycles. The van der Waals surface area contributed by atoms with Gasteiger partial charge in [-0.2, -0.15) is 0 Å². The Morgan fingerprint density at radius 3 is 1.53 bits per heavy atom. The molecule has 0 aromatic rings. The molecule has 3 amide bonds. The van der Waals surface area contributed by atoms with Gasteiger partial charge in [-0.3, -0.25) is 28.8 Å². The molecule has 0 bridgehead atoms. The van der Waals surface area contributed by atoms with E-state index < -0.39 is 149 Å². The predicted octanol–water partition coefficient (Wildman–Crippen LogP) is 5.32. The number of hydrogen-bond donors (Lipinski definition) is 10. The lowest BCUT2D eigenvalue weighted by Gasteiger charge is -2.46. The van der Waals surface area contributed by atoms with E-state index in [9.17, 15) is 58.6 Å². The third-order valence-corrected chi connectivity index (χ3v) is 15.3. The standard InChI is InChI=1S/C57H105N5O16.C2H6NO3P/c1-7-9-11-13-15-17-19-21-23-25-27-29-31-33-46(66)75-45(39-64)52(77-47(67)34-32-30-28-26-24-22-20-18-16-14-12-10-8-2)57(6,56(73)78-48(68)36-35-43(53(60)70)61-54(71)41(4)58)62(42(5)65)37-40(3)74-51-49(59)55(72)76-44(38-63)50(51)69;3-1-2-6-7(4)5/h40-41,43-45,49-52,55,63-64,69,72H,7-39,58-59H2,1-6H3,(H2,60,70)(H,61,71);1-3H2/p+1/t40?,41-,43-,44+,45-,49+,50+,51+,52?,55-,57+;/m0./s1. The molecule has 1 heterocycles. The first-order valence-electron chi connectivity index (χ1n) is 31.4. The van der Waals surface area contributed by atoms with E-state index >= 15 is 0 Å². The minimum absolute atomic E-state index is 0.0936. The van der Waals surface area contributed by atoms with Gasteiger partial charge < -0.3 is 77.3 Å². The van der Waals surface area contributed by atoms with Crippen molar-refractivity contribution in [2.24, 2.45) is 22.9 Å². The number of rotatable bonds is 49. The first-order chi connectivity index (χ1) is 40.5. The average molecular weight is 1240 g/mol. The van der Waals surface area contributed by atoms with E-state index in [2.05, 4.69) is 23.7 Å². The zero-order chi connectivity index (χ0) is 64.2. The van der Waals surface area contributed by atoms with Gasteiger partial charge in [0.2, 0.25) is 17.7 Å². The number of esters is 4. The quantitative estimate of drug-likeness (QED) is 0.0121. The van der Waals surface area contributed by atoms with Crippen LogP contribution in [0, 0.1) is 0 Å². The maximum absolute atomic E-state index is 14.9. The molecule has 85 heavy (non-hydrogen) atoms. The van der Waals surface area contributed by atoms with Crippen LogP contribution in [0.3, 0.4) is 0 Å². The molecule has 3 unspecified atom stereocenters. The molecule has 0 radical (unpaired) electrons. The second-order valence-corrected chi connectivity index (χ2v) is 23.3. The number of nitrogens with one attached hydrogen (secondary N) is 1. The number of carbonyl (C=O) groups excluding carboxylic acids is 7. The van der Waals surface area contributed by atoms with Gasteiger partial charge in [-0.1, -0.05) is 168 Å². The minimum Gasteiger partial charge on any atom is -0.456 e. The maximum Gasteiger partial charge on any atom is 0.694 e. The zero-order valence-electron chi connectivity index (χ0n) is 52.2. The number of ether oxygens (including phenoxy) is 5. The highest BCUT2D eigenvalue weighted by Gasteiger charge is 2.57. The fourth-order valence-corrected chi connectivity index (χ4v) is 10.1. The molecule has 0 aliphatic carbocycles. The number of primary amides is 1.